The zero-order chi connectivity index (χ0) is 43.6. The maximum atomic E-state index is 15.3. The van der Waals surface area contributed by atoms with Gasteiger partial charge in [0.05, 0.1) is 41.2 Å². The number of aryl methyl sites for hydroxylation is 1. The molecule has 3 heterocycles. The summed E-state index contributed by atoms with van der Waals surface area (Å²) in [6.45, 7) is 8.82. The second-order valence-corrected chi connectivity index (χ2v) is 18.3. The molecule has 7 aromatic rings. The summed E-state index contributed by atoms with van der Waals surface area (Å²) in [6.07, 6.45) is 14.2. The Balaban J connectivity index is 1.30. The molecule has 0 bridgehead atoms. The van der Waals surface area contributed by atoms with E-state index in [0.717, 1.165) is 81.9 Å². The molecule has 0 saturated carbocycles. The molecule has 0 aliphatic rings. The van der Waals surface area contributed by atoms with Crippen molar-refractivity contribution in [2.24, 2.45) is 0 Å². The highest BCUT2D eigenvalue weighted by molar-refractivity contribution is 7.19. The topological polar surface area (TPSA) is 44.2 Å². The molecule has 0 amide bonds. The number of aromatic nitrogens is 2. The molecule has 7 rings (SSSR count). The van der Waals surface area contributed by atoms with Gasteiger partial charge in [0.2, 0.25) is 0 Å². The van der Waals surface area contributed by atoms with Gasteiger partial charge in [-0.1, -0.05) is 90.2 Å². The molecule has 0 spiro atoms. The van der Waals surface area contributed by atoms with E-state index in [0.29, 0.717) is 46.1 Å². The lowest BCUT2D eigenvalue weighted by Crippen LogP contribution is -2.02. The van der Waals surface area contributed by atoms with Crippen LogP contribution >= 0.6 is 22.7 Å². The molecule has 0 aliphatic heterocycles. The molecule has 4 nitrogen and oxygen atoms in total. The number of ether oxygens (including phenoxy) is 2. The first-order chi connectivity index (χ1) is 30.2. The molecule has 0 unspecified atom stereocenters. The predicted octanol–water partition coefficient (Wildman–Crippen LogP) is 16.7. The van der Waals surface area contributed by atoms with Gasteiger partial charge in [0.1, 0.15) is 11.5 Å². The van der Waals surface area contributed by atoms with Gasteiger partial charge in [-0.15, -0.1) is 22.7 Å². The summed E-state index contributed by atoms with van der Waals surface area (Å²) in [5, 5.41) is 0. The monoisotopic (exact) mass is 878 g/mol. The van der Waals surface area contributed by atoms with Crippen LogP contribution in [0.4, 0.5) is 17.6 Å². The van der Waals surface area contributed by atoms with Gasteiger partial charge in [-0.3, -0.25) is 0 Å². The summed E-state index contributed by atoms with van der Waals surface area (Å²) >= 11 is 2.68. The fourth-order valence-electron chi connectivity index (χ4n) is 7.65. The molecule has 0 fully saturated rings. The van der Waals surface area contributed by atoms with E-state index >= 15 is 8.78 Å². The molecule has 10 heteroatoms. The van der Waals surface area contributed by atoms with E-state index < -0.39 is 34.4 Å². The number of unbranched alkanes of at least 4 members (excludes halogenated alkanes) is 10. The zero-order valence-corrected chi connectivity index (χ0v) is 37.7. The average Bonchev–Trinajstić information content (AvgIpc) is 3.96. The van der Waals surface area contributed by atoms with Gasteiger partial charge in [0.25, 0.3) is 0 Å². The van der Waals surface area contributed by atoms with Crippen molar-refractivity contribution in [1.29, 1.82) is 0 Å². The largest absolute Gasteiger partial charge is 0.494 e. The Morgan fingerprint density at radius 3 is 1.32 bits per heavy atom. The molecular weight excluding hydrogens is 825 g/mol. The summed E-state index contributed by atoms with van der Waals surface area (Å²) < 4.78 is 72.3. The summed E-state index contributed by atoms with van der Waals surface area (Å²) in [5.74, 6) is -4.10. The van der Waals surface area contributed by atoms with Gasteiger partial charge >= 0.3 is 0 Å². The number of hydrogen-bond donors (Lipinski definition) is 0. The van der Waals surface area contributed by atoms with Crippen molar-refractivity contribution in [3.8, 4) is 65.3 Å². The molecule has 0 saturated heterocycles. The number of benzene rings is 4. The van der Waals surface area contributed by atoms with Crippen LogP contribution in [-0.2, 0) is 0 Å². The van der Waals surface area contributed by atoms with Gasteiger partial charge in [0.15, 0.2) is 23.3 Å². The Hall–Kier alpha value is -5.06. The van der Waals surface area contributed by atoms with Crippen molar-refractivity contribution in [3.63, 3.8) is 0 Å². The molecule has 0 atom stereocenters. The molecule has 62 heavy (non-hydrogen) atoms. The third-order valence-electron chi connectivity index (χ3n) is 11.2. The highest BCUT2D eigenvalue weighted by Gasteiger charge is 2.26. The number of halogens is 4. The van der Waals surface area contributed by atoms with Crippen LogP contribution in [0.1, 0.15) is 101 Å². The predicted molar refractivity (Wildman–Crippen MR) is 250 cm³/mol. The van der Waals surface area contributed by atoms with Gasteiger partial charge in [-0.05, 0) is 99.5 Å². The smallest absolute Gasteiger partial charge is 0.170 e. The zero-order valence-electron chi connectivity index (χ0n) is 36.0. The third-order valence-corrected chi connectivity index (χ3v) is 13.4. The van der Waals surface area contributed by atoms with Gasteiger partial charge < -0.3 is 9.47 Å². The van der Waals surface area contributed by atoms with Crippen LogP contribution < -0.4 is 9.47 Å². The van der Waals surface area contributed by atoms with E-state index in [1.54, 1.807) is 17.4 Å². The summed E-state index contributed by atoms with van der Waals surface area (Å²) in [7, 11) is 0. The Morgan fingerprint density at radius 1 is 0.452 bits per heavy atom. The van der Waals surface area contributed by atoms with Gasteiger partial charge in [-0.2, -0.15) is 0 Å². The molecule has 4 aromatic carbocycles. The summed E-state index contributed by atoms with van der Waals surface area (Å²) in [6, 6.07) is 27.1. The van der Waals surface area contributed by atoms with Crippen LogP contribution in [0.25, 0.3) is 64.9 Å². The minimum Gasteiger partial charge on any atom is -0.494 e. The summed E-state index contributed by atoms with van der Waals surface area (Å²) in [4.78, 5) is 13.7. The lowest BCUT2D eigenvalue weighted by atomic mass is 10.0. The summed E-state index contributed by atoms with van der Waals surface area (Å²) in [5.41, 5.74) is 4.34. The maximum absolute atomic E-state index is 15.3. The fraction of sp³-hybridized carbons (Fsp3) is 0.346. The van der Waals surface area contributed by atoms with Crippen LogP contribution in [0.3, 0.4) is 0 Å². The Morgan fingerprint density at radius 2 is 0.871 bits per heavy atom. The molecular formula is C52H54F4N2O2S2. The van der Waals surface area contributed by atoms with Crippen molar-refractivity contribution in [2.45, 2.75) is 105 Å². The van der Waals surface area contributed by atoms with Crippen molar-refractivity contribution in [2.75, 3.05) is 13.2 Å². The normalized spacial score (nSPS) is 11.5. The number of rotatable bonds is 21. The fourth-order valence-corrected chi connectivity index (χ4v) is 9.61. The number of thiophene rings is 2. The van der Waals surface area contributed by atoms with Crippen LogP contribution in [0.15, 0.2) is 84.9 Å². The number of fused-ring (bicyclic) bond motifs is 1. The van der Waals surface area contributed by atoms with Crippen LogP contribution in [0, 0.1) is 37.1 Å². The van der Waals surface area contributed by atoms with Crippen LogP contribution in [0.2, 0.25) is 0 Å². The number of hydrogen-bond acceptors (Lipinski definition) is 6. The quantitative estimate of drug-likeness (QED) is 0.0410. The van der Waals surface area contributed by atoms with E-state index in [4.69, 9.17) is 19.4 Å². The highest BCUT2D eigenvalue weighted by Crippen LogP contribution is 2.44. The maximum Gasteiger partial charge on any atom is 0.170 e. The second-order valence-electron chi connectivity index (χ2n) is 15.9. The first-order valence-corrected chi connectivity index (χ1v) is 23.6. The standard InChI is InChI=1S/C52H54F4N2O2S2/c1-5-7-9-11-13-15-31-59-37-22-18-35(19-23-37)49-50(36-20-24-38(25-21-36)60-32-16-14-12-10-8-6-2)58-52-40(27-26-39(51(52)57-49)41-28-17-33(3)61-41)42-29-30-43(62-42)44-47(55)45(53)34(4)46(54)48(44)56/h17-30H,5-16,31-32H2,1-4H3. The number of nitrogens with zero attached hydrogens (tertiary/aromatic N) is 2. The van der Waals surface area contributed by atoms with Gasteiger partial charge in [0, 0.05) is 47.3 Å². The lowest BCUT2D eigenvalue weighted by Gasteiger charge is -2.16. The van der Waals surface area contributed by atoms with Crippen molar-refractivity contribution in [3.05, 3.63) is 119 Å². The third kappa shape index (κ3) is 10.4. The molecule has 0 radical (unpaired) electrons. The lowest BCUT2D eigenvalue weighted by molar-refractivity contribution is 0.304. The SMILES string of the molecule is CCCCCCCCOc1ccc(-c2nc3c(-c4ccc(C)s4)ccc(-c4ccc(-c5c(F)c(F)c(C)c(F)c5F)s4)c3nc2-c2ccc(OCCCCCCCC)cc2)cc1. The first kappa shape index (κ1) is 45.0. The highest BCUT2D eigenvalue weighted by atomic mass is 32.1. The average molecular weight is 879 g/mol. The van der Waals surface area contributed by atoms with E-state index in [2.05, 4.69) is 32.9 Å². The minimum absolute atomic E-state index is 0.0547. The van der Waals surface area contributed by atoms with E-state index in [1.807, 2.05) is 60.7 Å². The molecule has 3 aromatic heterocycles. The van der Waals surface area contributed by atoms with Crippen molar-refractivity contribution in [1.82, 2.24) is 9.97 Å². The van der Waals surface area contributed by atoms with Crippen LogP contribution in [-0.4, -0.2) is 23.2 Å². The van der Waals surface area contributed by atoms with Crippen molar-refractivity contribution < 1.29 is 27.0 Å². The molecule has 0 aliphatic carbocycles. The molecule has 0 N–H and O–H groups in total. The minimum atomic E-state index is -1.42. The Labute approximate surface area is 371 Å². The first-order valence-electron chi connectivity index (χ1n) is 22.0. The van der Waals surface area contributed by atoms with E-state index in [-0.39, 0.29) is 4.88 Å². The Kier molecular flexibility index (Phi) is 15.5. The Bertz CT molecular complexity index is 2550. The van der Waals surface area contributed by atoms with Crippen LogP contribution in [0.5, 0.6) is 11.5 Å². The van der Waals surface area contributed by atoms with E-state index in [9.17, 15) is 8.78 Å². The van der Waals surface area contributed by atoms with Crippen molar-refractivity contribution >= 4 is 33.7 Å². The van der Waals surface area contributed by atoms with Gasteiger partial charge in [-0.25, -0.2) is 27.5 Å². The van der Waals surface area contributed by atoms with E-state index in [1.165, 1.54) is 57.4 Å². The second kappa shape index (κ2) is 21.3. The molecule has 324 valence electrons.